The van der Waals surface area contributed by atoms with E-state index in [1.54, 1.807) is 70.0 Å². The molecular weight excluding hydrogens is 856 g/mol. The highest BCUT2D eigenvalue weighted by Crippen LogP contribution is 2.31. The third-order valence-corrected chi connectivity index (χ3v) is 8.66. The Bertz CT molecular complexity index is 2710. The van der Waals surface area contributed by atoms with E-state index in [0.29, 0.717) is 51.1 Å². The summed E-state index contributed by atoms with van der Waals surface area (Å²) in [6, 6.07) is 19.6. The van der Waals surface area contributed by atoms with Crippen LogP contribution in [0.4, 0.5) is 31.8 Å². The van der Waals surface area contributed by atoms with Crippen molar-refractivity contribution in [2.24, 2.45) is 0 Å². The lowest BCUT2D eigenvalue weighted by Crippen LogP contribution is -2.27. The van der Waals surface area contributed by atoms with E-state index in [2.05, 4.69) is 45.8 Å². The van der Waals surface area contributed by atoms with Crippen molar-refractivity contribution in [3.8, 4) is 45.8 Å². The smallest absolute Gasteiger partial charge is 0.276 e. The van der Waals surface area contributed by atoms with Gasteiger partial charge in [-0.15, -0.1) is 12.4 Å². The zero-order valence-electron chi connectivity index (χ0n) is 29.9. The molecule has 0 radical (unpaired) electrons. The van der Waals surface area contributed by atoms with Crippen LogP contribution >= 0.6 is 47.2 Å². The summed E-state index contributed by atoms with van der Waals surface area (Å²) in [6.45, 7) is 0.334. The molecule has 0 bridgehead atoms. The Morgan fingerprint density at radius 3 is 1.59 bits per heavy atom. The first-order chi connectivity index (χ1) is 27.8. The number of carbonyl (C=O) groups excluding carboxylic acids is 1. The van der Waals surface area contributed by atoms with Crippen LogP contribution in [0, 0.1) is 11.6 Å². The van der Waals surface area contributed by atoms with Crippen molar-refractivity contribution in [1.29, 1.82) is 0 Å². The van der Waals surface area contributed by atoms with E-state index in [9.17, 15) is 13.6 Å². The van der Waals surface area contributed by atoms with Gasteiger partial charge in [0.2, 0.25) is 0 Å². The Hall–Kier alpha value is -6.67. The topological polar surface area (TPSA) is 246 Å². The lowest BCUT2D eigenvalue weighted by atomic mass is 10.2. The van der Waals surface area contributed by atoms with E-state index < -0.39 is 9.70 Å². The molecule has 0 aliphatic rings. The van der Waals surface area contributed by atoms with Gasteiger partial charge in [0.05, 0.1) is 42.6 Å². The molecule has 0 atom stereocenters. The maximum Gasteiger partial charge on any atom is 0.276 e. The Kier molecular flexibility index (Phi) is 12.7. The fourth-order valence-corrected chi connectivity index (χ4v) is 5.45. The fraction of sp³-hybridized carbons (Fsp3) is 0.0833. The first-order valence-electron chi connectivity index (χ1n) is 16.7. The Balaban J connectivity index is 0.000000199. The Labute approximate surface area is 352 Å². The molecule has 8 rings (SSSR count). The highest BCUT2D eigenvalue weighted by molar-refractivity contribution is 6.76. The summed E-state index contributed by atoms with van der Waals surface area (Å²) in [4.78, 5) is 28.5. The highest BCUT2D eigenvalue weighted by Gasteiger charge is 2.31. The standard InChI is InChI=1S/C19H13Cl3FN7O2.C17H14FN7O.ClH/c20-19(21,22)18(31)26-14-8-25-17(27-16(14)24)13-7-15(12-5-6-32-29-12)30(28-13)9-10-3-1-2-4-11(10)23;18-11-4-2-1-3-10(11)9-25-15(13-5-6-26-24-13)7-14(23-25)17-21-8-12(19)16(20)22-17;/h1-8H,9H2,(H,26,31)(H2,24,25,27);1-8H,9,19H2,(H2,20,21,22);1H. The molecule has 302 valence electrons. The van der Waals surface area contributed by atoms with Crippen molar-refractivity contribution in [3.63, 3.8) is 0 Å². The molecule has 0 fully saturated rings. The van der Waals surface area contributed by atoms with E-state index in [0.717, 1.165) is 0 Å². The summed E-state index contributed by atoms with van der Waals surface area (Å²) in [5, 5.41) is 19.2. The molecular formula is C36H28Cl4F2N14O3. The van der Waals surface area contributed by atoms with Crippen LogP contribution in [0.15, 0.2) is 107 Å². The molecule has 23 heteroatoms. The molecule has 0 aliphatic carbocycles. The van der Waals surface area contributed by atoms with E-state index in [4.69, 9.17) is 61.1 Å². The van der Waals surface area contributed by atoms with Gasteiger partial charge in [0.1, 0.15) is 52.6 Å². The van der Waals surface area contributed by atoms with Gasteiger partial charge in [0, 0.05) is 23.3 Å². The van der Waals surface area contributed by atoms with Crippen LogP contribution in [-0.4, -0.2) is 59.5 Å². The zero-order valence-corrected chi connectivity index (χ0v) is 33.0. The summed E-state index contributed by atoms with van der Waals surface area (Å²) in [5.74, 6) is -1.02. The maximum absolute atomic E-state index is 14.2. The first-order valence-corrected chi connectivity index (χ1v) is 17.8. The molecule has 6 aromatic heterocycles. The lowest BCUT2D eigenvalue weighted by molar-refractivity contribution is -0.115. The molecule has 0 saturated carbocycles. The average Bonchev–Trinajstić information content (AvgIpc) is 4.03. The van der Waals surface area contributed by atoms with Crippen molar-refractivity contribution in [2.45, 2.75) is 16.9 Å². The van der Waals surface area contributed by atoms with Crippen molar-refractivity contribution >= 4 is 76.1 Å². The second-order valence-corrected chi connectivity index (χ2v) is 14.4. The molecule has 0 saturated heterocycles. The molecule has 6 heterocycles. The molecule has 2 aromatic carbocycles. The second kappa shape index (κ2) is 17.9. The largest absolute Gasteiger partial charge is 0.394 e. The minimum Gasteiger partial charge on any atom is -0.394 e. The van der Waals surface area contributed by atoms with Crippen LogP contribution in [0.2, 0.25) is 0 Å². The normalized spacial score (nSPS) is 11.1. The molecule has 7 N–H and O–H groups in total. The van der Waals surface area contributed by atoms with E-state index >= 15 is 0 Å². The number of amides is 1. The predicted molar refractivity (Wildman–Crippen MR) is 218 cm³/mol. The third kappa shape index (κ3) is 9.73. The summed E-state index contributed by atoms with van der Waals surface area (Å²) in [7, 11) is 0. The monoisotopic (exact) mass is 882 g/mol. The first kappa shape index (κ1) is 41.9. The van der Waals surface area contributed by atoms with Crippen molar-refractivity contribution < 1.29 is 22.6 Å². The van der Waals surface area contributed by atoms with Crippen LogP contribution in [0.1, 0.15) is 11.1 Å². The molecule has 17 nitrogen and oxygen atoms in total. The SMILES string of the molecule is Cl.Nc1cnc(-c2cc(-c3ccon3)n(Cc3ccccc3F)n2)nc1N.Nc1nc(-c2cc(-c3ccon3)n(Cc3ccccc3F)n2)ncc1NC(=O)C(Cl)(Cl)Cl. The Morgan fingerprint density at radius 2 is 1.17 bits per heavy atom. The van der Waals surface area contributed by atoms with Gasteiger partial charge in [-0.1, -0.05) is 81.5 Å². The number of nitrogens with two attached hydrogens (primary N) is 3. The van der Waals surface area contributed by atoms with E-state index in [-0.39, 0.29) is 66.0 Å². The number of halogens is 6. The Morgan fingerprint density at radius 1 is 0.695 bits per heavy atom. The maximum atomic E-state index is 14.2. The lowest BCUT2D eigenvalue weighted by Gasteiger charge is -2.12. The number of nitrogens with zero attached hydrogens (tertiary/aromatic N) is 10. The number of anilines is 4. The average molecular weight is 885 g/mol. The van der Waals surface area contributed by atoms with Gasteiger partial charge < -0.3 is 31.6 Å². The van der Waals surface area contributed by atoms with Crippen LogP contribution in [-0.2, 0) is 17.9 Å². The van der Waals surface area contributed by atoms with Gasteiger partial charge in [-0.3, -0.25) is 14.2 Å². The number of alkyl halides is 3. The summed E-state index contributed by atoms with van der Waals surface area (Å²) >= 11 is 16.6. The minimum atomic E-state index is -2.18. The van der Waals surface area contributed by atoms with Gasteiger partial charge in [0.15, 0.2) is 23.3 Å². The number of hydrogen-bond donors (Lipinski definition) is 4. The molecule has 59 heavy (non-hydrogen) atoms. The van der Waals surface area contributed by atoms with Gasteiger partial charge in [-0.25, -0.2) is 28.7 Å². The summed E-state index contributed by atoms with van der Waals surface area (Å²) < 4.78 is 39.0. The van der Waals surface area contributed by atoms with Crippen molar-refractivity contribution in [3.05, 3.63) is 120 Å². The second-order valence-electron chi connectivity index (χ2n) is 12.1. The third-order valence-electron chi connectivity index (χ3n) is 8.15. The molecule has 0 unspecified atom stereocenters. The highest BCUT2D eigenvalue weighted by atomic mass is 35.6. The predicted octanol–water partition coefficient (Wildman–Crippen LogP) is 6.84. The molecule has 1 amide bonds. The minimum absolute atomic E-state index is 0. The number of aromatic nitrogens is 10. The van der Waals surface area contributed by atoms with Gasteiger partial charge >= 0.3 is 0 Å². The van der Waals surface area contributed by atoms with Crippen LogP contribution in [0.5, 0.6) is 0 Å². The summed E-state index contributed by atoms with van der Waals surface area (Å²) in [5.41, 5.74) is 21.6. The van der Waals surface area contributed by atoms with E-state index in [1.807, 2.05) is 0 Å². The van der Waals surface area contributed by atoms with Crippen LogP contribution < -0.4 is 22.5 Å². The number of hydrogen-bond acceptors (Lipinski definition) is 14. The van der Waals surface area contributed by atoms with Crippen LogP contribution in [0.3, 0.4) is 0 Å². The zero-order chi connectivity index (χ0) is 41.0. The number of rotatable bonds is 9. The van der Waals surface area contributed by atoms with Gasteiger partial charge in [-0.05, 0) is 24.3 Å². The van der Waals surface area contributed by atoms with Gasteiger partial charge in [0.25, 0.3) is 9.70 Å². The molecule has 8 aromatic rings. The van der Waals surface area contributed by atoms with Gasteiger partial charge in [-0.2, -0.15) is 10.2 Å². The number of carbonyl (C=O) groups is 1. The number of nitrogens with one attached hydrogen (secondary N) is 1. The molecule has 0 spiro atoms. The van der Waals surface area contributed by atoms with Crippen LogP contribution in [0.25, 0.3) is 45.8 Å². The summed E-state index contributed by atoms with van der Waals surface area (Å²) in [6.07, 6.45) is 5.54. The van der Waals surface area contributed by atoms with E-state index in [1.165, 1.54) is 37.1 Å². The molecule has 0 aliphatic heterocycles. The number of benzene rings is 2. The fourth-order valence-electron chi connectivity index (χ4n) is 5.31. The van der Waals surface area contributed by atoms with Crippen molar-refractivity contribution in [1.82, 2.24) is 49.8 Å². The van der Waals surface area contributed by atoms with Crippen molar-refractivity contribution in [2.75, 3.05) is 22.5 Å². The quantitative estimate of drug-likeness (QED) is 0.108. The number of nitrogen functional groups attached to an aromatic ring is 3.